The number of amides is 2. The number of rotatable bonds is 11. The van der Waals surface area contributed by atoms with Gasteiger partial charge in [0.1, 0.15) is 11.8 Å². The van der Waals surface area contributed by atoms with Crippen LogP contribution >= 0.6 is 0 Å². The van der Waals surface area contributed by atoms with Gasteiger partial charge in [-0.25, -0.2) is 4.79 Å². The van der Waals surface area contributed by atoms with E-state index < -0.39 is 18.1 Å². The van der Waals surface area contributed by atoms with Crippen LogP contribution in [0.2, 0.25) is 0 Å². The van der Waals surface area contributed by atoms with Gasteiger partial charge in [0, 0.05) is 25.4 Å². The third kappa shape index (κ3) is 7.55. The van der Waals surface area contributed by atoms with E-state index in [2.05, 4.69) is 11.1 Å². The van der Waals surface area contributed by atoms with Crippen molar-refractivity contribution in [1.82, 2.24) is 10.2 Å². The van der Waals surface area contributed by atoms with Crippen LogP contribution in [0.5, 0.6) is 5.75 Å². The van der Waals surface area contributed by atoms with E-state index in [0.29, 0.717) is 31.7 Å². The number of aliphatic carboxylic acids is 1. The summed E-state index contributed by atoms with van der Waals surface area (Å²) in [7, 11) is 0. The Bertz CT molecular complexity index is 994. The number of benzene rings is 2. The summed E-state index contributed by atoms with van der Waals surface area (Å²) in [5.41, 5.74) is 6.15. The van der Waals surface area contributed by atoms with Crippen molar-refractivity contribution in [3.63, 3.8) is 0 Å². The summed E-state index contributed by atoms with van der Waals surface area (Å²) in [6.07, 6.45) is 1.57. The van der Waals surface area contributed by atoms with Crippen molar-refractivity contribution < 1.29 is 30.0 Å². The SMILES string of the molecule is CC(C)[C@@H](Oc1ccc(CNC(=O)[C@@H]2CCCN2C(=O)CC([NH3+])Cc2ccccc2)cc1)C(=O)O. The molecule has 0 bridgehead atoms. The number of hydrogen-bond acceptors (Lipinski definition) is 4. The lowest BCUT2D eigenvalue weighted by Gasteiger charge is -2.25. The Kier molecular flexibility index (Phi) is 9.25. The topological polar surface area (TPSA) is 124 Å². The van der Waals surface area contributed by atoms with Crippen LogP contribution in [0.3, 0.4) is 0 Å². The first-order valence-electron chi connectivity index (χ1n) is 12.2. The molecule has 1 saturated heterocycles. The minimum absolute atomic E-state index is 0.0294. The first-order chi connectivity index (χ1) is 16.7. The lowest BCUT2D eigenvalue weighted by atomic mass is 10.0. The molecule has 0 radical (unpaired) electrons. The number of carbonyl (C=O) groups excluding carboxylic acids is 2. The number of hydrogen-bond donors (Lipinski definition) is 3. The molecule has 1 heterocycles. The number of nitrogens with one attached hydrogen (secondary N) is 1. The van der Waals surface area contributed by atoms with Crippen LogP contribution in [0, 0.1) is 5.92 Å². The molecule has 1 aliphatic heterocycles. The summed E-state index contributed by atoms with van der Waals surface area (Å²) >= 11 is 0. The van der Waals surface area contributed by atoms with Crippen LogP contribution in [-0.2, 0) is 27.3 Å². The summed E-state index contributed by atoms with van der Waals surface area (Å²) in [4.78, 5) is 38.8. The minimum Gasteiger partial charge on any atom is -0.478 e. The number of carboxylic acid groups (broad SMARTS) is 1. The largest absolute Gasteiger partial charge is 0.478 e. The number of nitrogens with zero attached hydrogens (tertiary/aromatic N) is 1. The average Bonchev–Trinajstić information content (AvgIpc) is 3.32. The molecule has 35 heavy (non-hydrogen) atoms. The van der Waals surface area contributed by atoms with E-state index in [1.807, 2.05) is 30.3 Å². The first kappa shape index (κ1) is 26.2. The Labute approximate surface area is 206 Å². The normalized spacial score (nSPS) is 17.1. The highest BCUT2D eigenvalue weighted by molar-refractivity contribution is 5.88. The van der Waals surface area contributed by atoms with E-state index in [0.717, 1.165) is 24.0 Å². The second-order valence-electron chi connectivity index (χ2n) is 9.49. The summed E-state index contributed by atoms with van der Waals surface area (Å²) in [6, 6.07) is 16.5. The molecule has 0 spiro atoms. The highest BCUT2D eigenvalue weighted by atomic mass is 16.5. The second-order valence-corrected chi connectivity index (χ2v) is 9.49. The highest BCUT2D eigenvalue weighted by Gasteiger charge is 2.34. The van der Waals surface area contributed by atoms with Crippen LogP contribution in [0.1, 0.15) is 44.2 Å². The zero-order valence-corrected chi connectivity index (χ0v) is 20.5. The van der Waals surface area contributed by atoms with E-state index in [-0.39, 0.29) is 23.8 Å². The zero-order chi connectivity index (χ0) is 25.4. The lowest BCUT2D eigenvalue weighted by Crippen LogP contribution is -2.63. The molecular weight excluding hydrogens is 446 g/mol. The maximum Gasteiger partial charge on any atom is 0.345 e. The van der Waals surface area contributed by atoms with Crippen LogP contribution < -0.4 is 15.8 Å². The molecule has 1 unspecified atom stereocenters. The van der Waals surface area contributed by atoms with Gasteiger partial charge in [-0.2, -0.15) is 0 Å². The monoisotopic (exact) mass is 482 g/mol. The van der Waals surface area contributed by atoms with Crippen LogP contribution in [-0.4, -0.2) is 52.5 Å². The van der Waals surface area contributed by atoms with Crippen LogP contribution in [0.25, 0.3) is 0 Å². The van der Waals surface area contributed by atoms with E-state index in [9.17, 15) is 19.5 Å². The molecule has 8 nitrogen and oxygen atoms in total. The van der Waals surface area contributed by atoms with Gasteiger partial charge in [-0.05, 0) is 36.1 Å². The molecule has 0 saturated carbocycles. The third-order valence-electron chi connectivity index (χ3n) is 6.21. The van der Waals surface area contributed by atoms with Crippen LogP contribution in [0.15, 0.2) is 54.6 Å². The minimum atomic E-state index is -1.00. The average molecular weight is 483 g/mol. The Hall–Kier alpha value is -3.39. The van der Waals surface area contributed by atoms with Crippen molar-refractivity contribution in [2.45, 2.75) is 64.3 Å². The van der Waals surface area contributed by atoms with Gasteiger partial charge in [-0.1, -0.05) is 56.3 Å². The second kappa shape index (κ2) is 12.4. The number of carbonyl (C=O) groups is 3. The van der Waals surface area contributed by atoms with E-state index in [1.54, 1.807) is 43.0 Å². The van der Waals surface area contributed by atoms with Gasteiger partial charge < -0.3 is 25.8 Å². The number of carboxylic acids is 1. The molecule has 0 aliphatic carbocycles. The predicted molar refractivity (Wildman–Crippen MR) is 131 cm³/mol. The number of likely N-dealkylation sites (tertiary alicyclic amines) is 1. The molecule has 2 aromatic carbocycles. The summed E-state index contributed by atoms with van der Waals surface area (Å²) in [5, 5.41) is 12.2. The van der Waals surface area contributed by atoms with Crippen molar-refractivity contribution >= 4 is 17.8 Å². The molecule has 3 atom stereocenters. The molecule has 0 aromatic heterocycles. The van der Waals surface area contributed by atoms with Gasteiger partial charge in [0.05, 0.1) is 12.5 Å². The van der Waals surface area contributed by atoms with Crippen molar-refractivity contribution in [2.24, 2.45) is 5.92 Å². The standard InChI is InChI=1S/C27H35N3O5/c1-18(2)25(27(33)34)35-22-12-10-20(11-13-22)17-29-26(32)23-9-6-14-30(23)24(31)16-21(28)15-19-7-4-3-5-8-19/h3-5,7-8,10-13,18,21,23,25H,6,9,14-17,28H2,1-2H3,(H,29,32)(H,33,34)/p+1/t21?,23-,25+/m0/s1. The maximum atomic E-state index is 12.9. The lowest BCUT2D eigenvalue weighted by molar-refractivity contribution is -0.418. The zero-order valence-electron chi connectivity index (χ0n) is 20.5. The Morgan fingerprint density at radius 3 is 2.40 bits per heavy atom. The fourth-order valence-corrected chi connectivity index (χ4v) is 4.33. The quantitative estimate of drug-likeness (QED) is 0.452. The van der Waals surface area contributed by atoms with Gasteiger partial charge >= 0.3 is 5.97 Å². The fourth-order valence-electron chi connectivity index (χ4n) is 4.33. The Morgan fingerprint density at radius 2 is 1.77 bits per heavy atom. The van der Waals surface area contributed by atoms with Gasteiger partial charge in [0.25, 0.3) is 0 Å². The smallest absolute Gasteiger partial charge is 0.345 e. The molecule has 1 fully saturated rings. The summed E-state index contributed by atoms with van der Waals surface area (Å²) in [6.45, 7) is 4.48. The van der Waals surface area contributed by atoms with E-state index >= 15 is 0 Å². The third-order valence-corrected chi connectivity index (χ3v) is 6.21. The Morgan fingerprint density at radius 1 is 1.09 bits per heavy atom. The summed E-state index contributed by atoms with van der Waals surface area (Å²) in [5.74, 6) is -0.895. The van der Waals surface area contributed by atoms with Gasteiger partial charge in [-0.3, -0.25) is 9.59 Å². The van der Waals surface area contributed by atoms with E-state index in [1.165, 1.54) is 0 Å². The predicted octanol–water partition coefficient (Wildman–Crippen LogP) is 2.03. The maximum absolute atomic E-state index is 12.9. The van der Waals surface area contributed by atoms with E-state index in [4.69, 9.17) is 4.74 Å². The molecule has 2 amide bonds. The van der Waals surface area contributed by atoms with Gasteiger partial charge in [0.2, 0.25) is 11.8 Å². The molecule has 1 aliphatic rings. The first-order valence-corrected chi connectivity index (χ1v) is 12.2. The number of quaternary nitrogens is 1. The summed E-state index contributed by atoms with van der Waals surface area (Å²) < 4.78 is 5.57. The number of ether oxygens (including phenoxy) is 1. The molecule has 3 rings (SSSR count). The molecule has 8 heteroatoms. The van der Waals surface area contributed by atoms with Crippen molar-refractivity contribution in [1.29, 1.82) is 0 Å². The molecular formula is C27H36N3O5+. The van der Waals surface area contributed by atoms with Crippen LogP contribution in [0.4, 0.5) is 0 Å². The Balaban J connectivity index is 1.49. The van der Waals surface area contributed by atoms with Gasteiger partial charge in [0.15, 0.2) is 6.10 Å². The van der Waals surface area contributed by atoms with Gasteiger partial charge in [-0.15, -0.1) is 0 Å². The van der Waals surface area contributed by atoms with Crippen molar-refractivity contribution in [3.8, 4) is 5.75 Å². The fraction of sp³-hybridized carbons (Fsp3) is 0.444. The van der Waals surface area contributed by atoms with Crippen molar-refractivity contribution in [2.75, 3.05) is 6.54 Å². The molecule has 2 aromatic rings. The van der Waals surface area contributed by atoms with Crippen molar-refractivity contribution in [3.05, 3.63) is 65.7 Å². The highest BCUT2D eigenvalue weighted by Crippen LogP contribution is 2.20. The molecule has 5 N–H and O–H groups in total. The molecule has 188 valence electrons.